The van der Waals surface area contributed by atoms with E-state index >= 15 is 0 Å². The van der Waals surface area contributed by atoms with Crippen LogP contribution in [0.1, 0.15) is 52.9 Å². The minimum atomic E-state index is -0.806. The fraction of sp³-hybridized carbons (Fsp3) is 0.812. The summed E-state index contributed by atoms with van der Waals surface area (Å²) in [7, 11) is 0. The van der Waals surface area contributed by atoms with Gasteiger partial charge < -0.3 is 5.11 Å². The van der Waals surface area contributed by atoms with Crippen molar-refractivity contribution in [2.45, 2.75) is 52.9 Å². The number of carboxylic acids is 1. The Hall–Kier alpha value is -1.39. The molecule has 2 rings (SSSR count). The van der Waals surface area contributed by atoms with E-state index in [9.17, 15) is 14.4 Å². The Morgan fingerprint density at radius 1 is 1.19 bits per heavy atom. The van der Waals surface area contributed by atoms with Gasteiger partial charge in [0.2, 0.25) is 11.8 Å². The predicted molar refractivity (Wildman–Crippen MR) is 77.4 cm³/mol. The second-order valence-corrected chi connectivity index (χ2v) is 7.43. The molecule has 0 spiro atoms. The third-order valence-electron chi connectivity index (χ3n) is 4.99. The van der Waals surface area contributed by atoms with Crippen molar-refractivity contribution in [3.05, 3.63) is 0 Å². The van der Waals surface area contributed by atoms with E-state index < -0.39 is 5.97 Å². The molecule has 21 heavy (non-hydrogen) atoms. The first-order valence-electron chi connectivity index (χ1n) is 7.78. The SMILES string of the molecule is CC1CC2C(=O)N(CCC(C)(C)CCC(=O)O)C(=O)C2C1. The van der Waals surface area contributed by atoms with E-state index in [1.165, 1.54) is 4.90 Å². The molecule has 0 aromatic carbocycles. The highest BCUT2D eigenvalue weighted by Crippen LogP contribution is 2.43. The first kappa shape index (κ1) is 16.0. The standard InChI is InChI=1S/C16H25NO4/c1-10-8-11-12(9-10)15(21)17(14(11)20)7-6-16(2,3)5-4-13(18)19/h10-12H,4-9H2,1-3H3,(H,18,19). The van der Waals surface area contributed by atoms with Gasteiger partial charge in [0, 0.05) is 13.0 Å². The Morgan fingerprint density at radius 3 is 2.19 bits per heavy atom. The molecule has 2 atom stereocenters. The molecule has 2 unspecified atom stereocenters. The third kappa shape index (κ3) is 3.44. The fourth-order valence-electron chi connectivity index (χ4n) is 3.55. The number of hydrogen-bond acceptors (Lipinski definition) is 3. The number of carboxylic acid groups (broad SMARTS) is 1. The summed E-state index contributed by atoms with van der Waals surface area (Å²) in [6, 6.07) is 0. The summed E-state index contributed by atoms with van der Waals surface area (Å²) >= 11 is 0. The maximum atomic E-state index is 12.3. The van der Waals surface area contributed by atoms with E-state index in [4.69, 9.17) is 5.11 Å². The lowest BCUT2D eigenvalue weighted by molar-refractivity contribution is -0.141. The van der Waals surface area contributed by atoms with E-state index in [0.29, 0.717) is 25.3 Å². The Bertz CT molecular complexity index is 433. The van der Waals surface area contributed by atoms with Crippen LogP contribution in [0.5, 0.6) is 0 Å². The van der Waals surface area contributed by atoms with Gasteiger partial charge in [-0.15, -0.1) is 0 Å². The van der Waals surface area contributed by atoms with Gasteiger partial charge in [-0.2, -0.15) is 0 Å². The topological polar surface area (TPSA) is 74.7 Å². The Balaban J connectivity index is 1.91. The van der Waals surface area contributed by atoms with E-state index in [2.05, 4.69) is 6.92 Å². The molecule has 5 nitrogen and oxygen atoms in total. The quantitative estimate of drug-likeness (QED) is 0.763. The van der Waals surface area contributed by atoms with Crippen LogP contribution in [0.15, 0.2) is 0 Å². The van der Waals surface area contributed by atoms with E-state index in [1.54, 1.807) is 0 Å². The molecule has 0 bridgehead atoms. The molecule has 1 saturated heterocycles. The van der Waals surface area contributed by atoms with Crippen LogP contribution in [-0.2, 0) is 14.4 Å². The van der Waals surface area contributed by atoms with Gasteiger partial charge in [-0.05, 0) is 37.0 Å². The Morgan fingerprint density at radius 2 is 1.71 bits per heavy atom. The van der Waals surface area contributed by atoms with Crippen molar-refractivity contribution in [2.75, 3.05) is 6.54 Å². The molecule has 1 N–H and O–H groups in total. The van der Waals surface area contributed by atoms with Gasteiger partial charge in [-0.3, -0.25) is 19.3 Å². The normalized spacial score (nSPS) is 29.1. The largest absolute Gasteiger partial charge is 0.481 e. The second-order valence-electron chi connectivity index (χ2n) is 7.43. The summed E-state index contributed by atoms with van der Waals surface area (Å²) in [5.74, 6) is -0.571. The number of fused-ring (bicyclic) bond motifs is 1. The average molecular weight is 295 g/mol. The number of hydrogen-bond donors (Lipinski definition) is 1. The lowest BCUT2D eigenvalue weighted by atomic mass is 9.84. The number of likely N-dealkylation sites (tertiary alicyclic amines) is 1. The van der Waals surface area contributed by atoms with Crippen LogP contribution in [0, 0.1) is 23.2 Å². The molecule has 1 aliphatic heterocycles. The van der Waals surface area contributed by atoms with Crippen molar-refractivity contribution < 1.29 is 19.5 Å². The van der Waals surface area contributed by atoms with Crippen LogP contribution in [0.25, 0.3) is 0 Å². The lowest BCUT2D eigenvalue weighted by Gasteiger charge is -2.26. The Kier molecular flexibility index (Phi) is 4.40. The zero-order valence-corrected chi connectivity index (χ0v) is 13.1. The van der Waals surface area contributed by atoms with Gasteiger partial charge in [0.25, 0.3) is 0 Å². The molecule has 0 aromatic rings. The fourth-order valence-corrected chi connectivity index (χ4v) is 3.55. The molecule has 1 saturated carbocycles. The number of carbonyl (C=O) groups excluding carboxylic acids is 2. The lowest BCUT2D eigenvalue weighted by Crippen LogP contribution is -2.35. The van der Waals surface area contributed by atoms with Gasteiger partial charge in [0.15, 0.2) is 0 Å². The monoisotopic (exact) mass is 295 g/mol. The molecule has 0 radical (unpaired) electrons. The van der Waals surface area contributed by atoms with Crippen LogP contribution in [0.4, 0.5) is 0 Å². The minimum absolute atomic E-state index is 0.0108. The summed E-state index contributed by atoms with van der Waals surface area (Å²) < 4.78 is 0. The number of amides is 2. The molecule has 118 valence electrons. The number of rotatable bonds is 6. The summed E-state index contributed by atoms with van der Waals surface area (Å²) in [6.45, 7) is 6.50. The van der Waals surface area contributed by atoms with Crippen molar-refractivity contribution in [1.82, 2.24) is 4.90 Å². The maximum absolute atomic E-state index is 12.3. The van der Waals surface area contributed by atoms with Gasteiger partial charge >= 0.3 is 5.97 Å². The highest BCUT2D eigenvalue weighted by molar-refractivity contribution is 6.05. The molecule has 0 aromatic heterocycles. The maximum Gasteiger partial charge on any atom is 0.303 e. The molecule has 5 heteroatoms. The zero-order chi connectivity index (χ0) is 15.8. The van der Waals surface area contributed by atoms with Gasteiger partial charge in [-0.25, -0.2) is 0 Å². The first-order valence-corrected chi connectivity index (χ1v) is 7.78. The van der Waals surface area contributed by atoms with E-state index in [1.807, 2.05) is 13.8 Å². The van der Waals surface area contributed by atoms with E-state index in [0.717, 1.165) is 12.8 Å². The molecule has 2 amide bonds. The predicted octanol–water partition coefficient (Wildman–Crippen LogP) is 2.30. The van der Waals surface area contributed by atoms with E-state index in [-0.39, 0.29) is 35.5 Å². The number of nitrogens with zero attached hydrogens (tertiary/aromatic N) is 1. The Labute approximate surface area is 125 Å². The van der Waals surface area contributed by atoms with Crippen LogP contribution in [0.2, 0.25) is 0 Å². The molecule has 2 aliphatic rings. The van der Waals surface area contributed by atoms with Crippen molar-refractivity contribution >= 4 is 17.8 Å². The number of carbonyl (C=O) groups is 3. The summed E-state index contributed by atoms with van der Waals surface area (Å²) in [5.41, 5.74) is -0.177. The smallest absolute Gasteiger partial charge is 0.303 e. The summed E-state index contributed by atoms with van der Waals surface area (Å²) in [6.07, 6.45) is 3.00. The zero-order valence-electron chi connectivity index (χ0n) is 13.1. The van der Waals surface area contributed by atoms with Crippen LogP contribution in [0.3, 0.4) is 0 Å². The van der Waals surface area contributed by atoms with Crippen LogP contribution < -0.4 is 0 Å². The van der Waals surface area contributed by atoms with Gasteiger partial charge in [0.05, 0.1) is 11.8 Å². The third-order valence-corrected chi connectivity index (χ3v) is 4.99. The van der Waals surface area contributed by atoms with Crippen molar-refractivity contribution in [1.29, 1.82) is 0 Å². The molecular weight excluding hydrogens is 270 g/mol. The van der Waals surface area contributed by atoms with Crippen LogP contribution >= 0.6 is 0 Å². The molecule has 2 fully saturated rings. The highest BCUT2D eigenvalue weighted by Gasteiger charge is 2.51. The first-order chi connectivity index (χ1) is 9.71. The number of imide groups is 1. The van der Waals surface area contributed by atoms with Crippen LogP contribution in [-0.4, -0.2) is 34.3 Å². The van der Waals surface area contributed by atoms with Gasteiger partial charge in [0.1, 0.15) is 0 Å². The molecular formula is C16H25NO4. The molecule has 1 heterocycles. The average Bonchev–Trinajstić information content (AvgIpc) is 2.86. The number of aliphatic carboxylic acids is 1. The summed E-state index contributed by atoms with van der Waals surface area (Å²) in [5, 5.41) is 8.76. The highest BCUT2D eigenvalue weighted by atomic mass is 16.4. The van der Waals surface area contributed by atoms with Crippen molar-refractivity contribution in [3.8, 4) is 0 Å². The minimum Gasteiger partial charge on any atom is -0.481 e. The van der Waals surface area contributed by atoms with Crippen molar-refractivity contribution in [3.63, 3.8) is 0 Å². The van der Waals surface area contributed by atoms with Crippen molar-refractivity contribution in [2.24, 2.45) is 23.2 Å². The summed E-state index contributed by atoms with van der Waals surface area (Å²) in [4.78, 5) is 36.7. The molecule has 1 aliphatic carbocycles. The second kappa shape index (κ2) is 5.78. The van der Waals surface area contributed by atoms with Gasteiger partial charge in [-0.1, -0.05) is 20.8 Å².